The van der Waals surface area contributed by atoms with E-state index >= 15 is 0 Å². The number of halogens is 3. The van der Waals surface area contributed by atoms with Crippen LogP contribution >= 0.6 is 11.8 Å². The van der Waals surface area contributed by atoms with Crippen LogP contribution in [0.3, 0.4) is 0 Å². The van der Waals surface area contributed by atoms with E-state index in [0.717, 1.165) is 22.5 Å². The largest absolute Gasteiger partial charge is 0.485 e. The van der Waals surface area contributed by atoms with E-state index in [0.29, 0.717) is 16.8 Å². The number of hydrogen-bond acceptors (Lipinski definition) is 7. The highest BCUT2D eigenvalue weighted by Crippen LogP contribution is 2.40. The molecule has 1 unspecified atom stereocenters. The molecule has 8 nitrogen and oxygen atoms in total. The van der Waals surface area contributed by atoms with Gasteiger partial charge in [-0.1, -0.05) is 12.1 Å². The number of nitrogens with one attached hydrogen (secondary N) is 1. The van der Waals surface area contributed by atoms with E-state index in [4.69, 9.17) is 9.47 Å². The van der Waals surface area contributed by atoms with Crippen LogP contribution in [0.25, 0.3) is 0 Å². The molecule has 1 amide bonds. The van der Waals surface area contributed by atoms with Crippen molar-refractivity contribution in [3.8, 4) is 5.75 Å². The van der Waals surface area contributed by atoms with Crippen LogP contribution in [0, 0.1) is 0 Å². The van der Waals surface area contributed by atoms with Gasteiger partial charge in [0.15, 0.2) is 0 Å². The van der Waals surface area contributed by atoms with Gasteiger partial charge in [0, 0.05) is 17.6 Å². The third-order valence-electron chi connectivity index (χ3n) is 5.34. The molecule has 1 aliphatic rings. The number of pyridine rings is 1. The fraction of sp³-hybridized carbons (Fsp3) is 0.308. The second-order valence-electron chi connectivity index (χ2n) is 9.59. The maximum atomic E-state index is 13.7. The molecule has 0 radical (unpaired) electrons. The molecular weight excluding hydrogens is 555 g/mol. The highest BCUT2D eigenvalue weighted by atomic mass is 32.2. The van der Waals surface area contributed by atoms with Crippen LogP contribution in [-0.2, 0) is 20.9 Å². The van der Waals surface area contributed by atoms with Gasteiger partial charge in [0.05, 0.1) is 27.7 Å². The Morgan fingerprint density at radius 1 is 1.13 bits per heavy atom. The lowest BCUT2D eigenvalue weighted by Gasteiger charge is -2.35. The first-order valence-electron chi connectivity index (χ1n) is 11.8. The number of carbonyl (C=O) groups is 1. The fourth-order valence-corrected chi connectivity index (χ4v) is 6.08. The molecule has 0 spiro atoms. The summed E-state index contributed by atoms with van der Waals surface area (Å²) in [6, 6.07) is 13.3. The van der Waals surface area contributed by atoms with Crippen LogP contribution in [0.2, 0.25) is 0 Å². The van der Waals surface area contributed by atoms with Crippen LogP contribution in [-0.4, -0.2) is 43.5 Å². The zero-order valence-electron chi connectivity index (χ0n) is 21.2. The zero-order chi connectivity index (χ0) is 28.4. The number of benzene rings is 2. The summed E-state index contributed by atoms with van der Waals surface area (Å²) in [7, 11) is -4.46. The lowest BCUT2D eigenvalue weighted by Crippen LogP contribution is -2.44. The van der Waals surface area contributed by atoms with E-state index in [1.54, 1.807) is 39.1 Å². The number of anilines is 2. The Bertz CT molecular complexity index is 1450. The van der Waals surface area contributed by atoms with E-state index in [1.807, 2.05) is 6.07 Å². The standard InChI is InChI=1S/C26H26F3N3O5S2/c1-25(2,3)37-24(33)31-18-10-11-22-21(14-18)32(15-19(36-22)16-38-23-9-4-5-12-30-23)39(34,35)20-8-6-7-17(13-20)26(27,28)29/h4-14,19H,15-16H2,1-3H3,(H,31,33). The van der Waals surface area contributed by atoms with Gasteiger partial charge in [-0.2, -0.15) is 13.2 Å². The van der Waals surface area contributed by atoms with Crippen molar-refractivity contribution in [3.05, 3.63) is 72.4 Å². The second kappa shape index (κ2) is 11.0. The number of rotatable bonds is 6. The van der Waals surface area contributed by atoms with Crippen LogP contribution < -0.4 is 14.4 Å². The quantitative estimate of drug-likeness (QED) is 0.347. The van der Waals surface area contributed by atoms with Crippen LogP contribution in [0.15, 0.2) is 76.8 Å². The summed E-state index contributed by atoms with van der Waals surface area (Å²) in [4.78, 5) is 16.0. The molecule has 3 aromatic rings. The maximum Gasteiger partial charge on any atom is 0.416 e. The topological polar surface area (TPSA) is 97.8 Å². The lowest BCUT2D eigenvalue weighted by atomic mass is 10.2. The summed E-state index contributed by atoms with van der Waals surface area (Å²) in [6.07, 6.45) is -4.49. The van der Waals surface area contributed by atoms with Gasteiger partial charge in [-0.05, 0) is 69.3 Å². The molecule has 0 bridgehead atoms. The van der Waals surface area contributed by atoms with Crippen molar-refractivity contribution in [1.82, 2.24) is 4.98 Å². The number of alkyl halides is 3. The molecule has 0 saturated carbocycles. The third-order valence-corrected chi connectivity index (χ3v) is 8.19. The third kappa shape index (κ3) is 7.15. The predicted molar refractivity (Wildman–Crippen MR) is 142 cm³/mol. The van der Waals surface area contributed by atoms with Crippen molar-refractivity contribution in [1.29, 1.82) is 0 Å². The number of hydrogen-bond donors (Lipinski definition) is 1. The van der Waals surface area contributed by atoms with Gasteiger partial charge < -0.3 is 9.47 Å². The predicted octanol–water partition coefficient (Wildman–Crippen LogP) is 6.20. The van der Waals surface area contributed by atoms with E-state index in [1.165, 1.54) is 30.0 Å². The molecule has 1 atom stereocenters. The maximum absolute atomic E-state index is 13.7. The lowest BCUT2D eigenvalue weighted by molar-refractivity contribution is -0.137. The summed E-state index contributed by atoms with van der Waals surface area (Å²) in [5, 5.41) is 3.25. The molecular formula is C26H26F3N3O5S2. The van der Waals surface area contributed by atoms with E-state index in [9.17, 15) is 26.4 Å². The van der Waals surface area contributed by atoms with Crippen molar-refractivity contribution in [2.45, 2.75) is 48.6 Å². The normalized spacial score (nSPS) is 15.7. The number of carbonyl (C=O) groups excluding carboxylic acids is 1. The Kier molecular flexibility index (Phi) is 8.03. The highest BCUT2D eigenvalue weighted by Gasteiger charge is 2.37. The molecule has 4 rings (SSSR count). The van der Waals surface area contributed by atoms with E-state index < -0.39 is 44.5 Å². The number of amides is 1. The average molecular weight is 582 g/mol. The Morgan fingerprint density at radius 3 is 2.56 bits per heavy atom. The minimum Gasteiger partial charge on any atom is -0.485 e. The van der Waals surface area contributed by atoms with Gasteiger partial charge >= 0.3 is 12.3 Å². The Hall–Kier alpha value is -3.45. The van der Waals surface area contributed by atoms with Crippen LogP contribution in [0.4, 0.5) is 29.3 Å². The number of nitrogens with zero attached hydrogens (tertiary/aromatic N) is 2. The van der Waals surface area contributed by atoms with Crippen molar-refractivity contribution >= 4 is 39.3 Å². The summed E-state index contributed by atoms with van der Waals surface area (Å²) >= 11 is 1.35. The average Bonchev–Trinajstić information content (AvgIpc) is 2.86. The van der Waals surface area contributed by atoms with Gasteiger partial charge in [-0.3, -0.25) is 9.62 Å². The molecule has 13 heteroatoms. The molecule has 0 aliphatic carbocycles. The van der Waals surface area contributed by atoms with Crippen molar-refractivity contribution in [3.63, 3.8) is 0 Å². The number of thioether (sulfide) groups is 1. The minimum absolute atomic E-state index is 0.0695. The summed E-state index contributed by atoms with van der Waals surface area (Å²) in [6.45, 7) is 4.90. The van der Waals surface area contributed by atoms with Crippen molar-refractivity contribution < 1.29 is 35.9 Å². The summed E-state index contributed by atoms with van der Waals surface area (Å²) < 4.78 is 79.9. The number of sulfonamides is 1. The number of aromatic nitrogens is 1. The van der Waals surface area contributed by atoms with Gasteiger partial charge in [0.1, 0.15) is 17.5 Å². The van der Waals surface area contributed by atoms with Gasteiger partial charge in [-0.25, -0.2) is 18.2 Å². The molecule has 1 aromatic heterocycles. The SMILES string of the molecule is CC(C)(C)OC(=O)Nc1ccc2c(c1)N(S(=O)(=O)c1cccc(C(F)(F)F)c1)CC(CSc1ccccn1)O2. The number of fused-ring (bicyclic) bond motifs is 1. The number of ether oxygens (including phenoxy) is 2. The molecule has 2 aromatic carbocycles. The summed E-state index contributed by atoms with van der Waals surface area (Å²) in [5.41, 5.74) is -1.56. The van der Waals surface area contributed by atoms with E-state index in [-0.39, 0.29) is 23.7 Å². The zero-order valence-corrected chi connectivity index (χ0v) is 22.9. The Morgan fingerprint density at radius 2 is 1.90 bits per heavy atom. The van der Waals surface area contributed by atoms with Gasteiger partial charge in [-0.15, -0.1) is 11.8 Å². The Balaban J connectivity index is 1.69. The highest BCUT2D eigenvalue weighted by molar-refractivity contribution is 7.99. The van der Waals surface area contributed by atoms with Crippen LogP contribution in [0.5, 0.6) is 5.75 Å². The molecule has 0 saturated heterocycles. The molecule has 1 N–H and O–H groups in total. The van der Waals surface area contributed by atoms with Crippen LogP contribution in [0.1, 0.15) is 26.3 Å². The minimum atomic E-state index is -4.72. The van der Waals surface area contributed by atoms with Crippen molar-refractivity contribution in [2.75, 3.05) is 21.9 Å². The smallest absolute Gasteiger partial charge is 0.416 e. The van der Waals surface area contributed by atoms with Crippen molar-refractivity contribution in [2.24, 2.45) is 0 Å². The first kappa shape index (κ1) is 28.6. The van der Waals surface area contributed by atoms with Gasteiger partial charge in [0.25, 0.3) is 10.0 Å². The summed E-state index contributed by atoms with van der Waals surface area (Å²) in [5.74, 6) is 0.515. The first-order valence-corrected chi connectivity index (χ1v) is 14.2. The Labute approximate surface area is 228 Å². The molecule has 2 heterocycles. The molecule has 0 fully saturated rings. The molecule has 39 heavy (non-hydrogen) atoms. The second-order valence-corrected chi connectivity index (χ2v) is 12.5. The first-order chi connectivity index (χ1) is 18.2. The fourth-order valence-electron chi connectivity index (χ4n) is 3.70. The molecule has 208 valence electrons. The van der Waals surface area contributed by atoms with Gasteiger partial charge in [0.2, 0.25) is 0 Å². The van der Waals surface area contributed by atoms with E-state index in [2.05, 4.69) is 10.3 Å². The monoisotopic (exact) mass is 581 g/mol. The molecule has 1 aliphatic heterocycles.